The van der Waals surface area contributed by atoms with Crippen LogP contribution < -0.4 is 4.72 Å². The Morgan fingerprint density at radius 2 is 1.59 bits per heavy atom. The van der Waals surface area contributed by atoms with Crippen molar-refractivity contribution in [2.24, 2.45) is 0 Å². The molecule has 0 aliphatic heterocycles. The molecule has 0 aliphatic carbocycles. The number of aryl methyl sites for hydroxylation is 1. The van der Waals surface area contributed by atoms with Gasteiger partial charge in [0.2, 0.25) is 0 Å². The van der Waals surface area contributed by atoms with Gasteiger partial charge in [0.05, 0.1) is 29.7 Å². The lowest BCUT2D eigenvalue weighted by atomic mass is 9.97. The minimum atomic E-state index is -1.51. The lowest BCUT2D eigenvalue weighted by Gasteiger charge is -2.24. The van der Waals surface area contributed by atoms with Crippen LogP contribution in [-0.4, -0.2) is 20.4 Å². The Bertz CT molecular complexity index is 1970. The van der Waals surface area contributed by atoms with Gasteiger partial charge in [-0.05, 0) is 66.3 Å². The van der Waals surface area contributed by atoms with Gasteiger partial charge < -0.3 is 9.30 Å². The SMILES string of the molecule is Cc1ccc(S(=O)NC(Cc2ccncc2C#N)c2c(CCOCc3ccccc3)c3ccccc3n2Cc2ccccc2)cc1. The van der Waals surface area contributed by atoms with E-state index in [0.29, 0.717) is 43.1 Å². The molecule has 6 aromatic rings. The minimum Gasteiger partial charge on any atom is -0.376 e. The molecule has 1 N–H and O–H groups in total. The summed E-state index contributed by atoms with van der Waals surface area (Å²) in [7, 11) is -1.51. The first-order valence-electron chi connectivity index (χ1n) is 15.4. The molecule has 7 heteroatoms. The van der Waals surface area contributed by atoms with Crippen LogP contribution in [0.4, 0.5) is 0 Å². The number of benzene rings is 4. The molecule has 2 aromatic heterocycles. The number of aromatic nitrogens is 2. The fourth-order valence-corrected chi connectivity index (χ4v) is 6.88. The summed E-state index contributed by atoms with van der Waals surface area (Å²) in [5.41, 5.74) is 8.03. The van der Waals surface area contributed by atoms with Crippen LogP contribution in [0.3, 0.4) is 0 Å². The van der Waals surface area contributed by atoms with Gasteiger partial charge >= 0.3 is 0 Å². The topological polar surface area (TPSA) is 79.9 Å². The van der Waals surface area contributed by atoms with Gasteiger partial charge in [0.25, 0.3) is 0 Å². The standard InChI is InChI=1S/C39H36N4O2S/c1-29-16-18-34(19-17-29)46(44)42-37(24-32-20-22-41-26-33(32)25-40)39-36(21-23-45-28-31-12-6-3-7-13-31)35-14-8-9-15-38(35)43(39)27-30-10-4-2-5-11-30/h2-20,22,26,37,42H,21,23-24,27-28H2,1H3. The van der Waals surface area contributed by atoms with E-state index >= 15 is 0 Å². The van der Waals surface area contributed by atoms with Crippen LogP contribution in [0.25, 0.3) is 10.9 Å². The molecule has 0 saturated carbocycles. The van der Waals surface area contributed by atoms with Gasteiger partial charge in [0.15, 0.2) is 0 Å². The highest BCUT2D eigenvalue weighted by molar-refractivity contribution is 7.83. The summed E-state index contributed by atoms with van der Waals surface area (Å²) in [6, 6.07) is 40.6. The van der Waals surface area contributed by atoms with E-state index in [9.17, 15) is 9.47 Å². The lowest BCUT2D eigenvalue weighted by molar-refractivity contribution is 0.124. The maximum atomic E-state index is 14.0. The molecule has 2 atom stereocenters. The van der Waals surface area contributed by atoms with E-state index in [4.69, 9.17) is 4.74 Å². The van der Waals surface area contributed by atoms with Crippen LogP contribution in [0.2, 0.25) is 0 Å². The van der Waals surface area contributed by atoms with Crippen molar-refractivity contribution in [1.29, 1.82) is 5.26 Å². The first kappa shape index (κ1) is 31.1. The van der Waals surface area contributed by atoms with E-state index in [1.165, 1.54) is 0 Å². The molecule has 2 unspecified atom stereocenters. The zero-order valence-electron chi connectivity index (χ0n) is 25.8. The Labute approximate surface area is 272 Å². The van der Waals surface area contributed by atoms with Crippen LogP contribution in [0, 0.1) is 18.3 Å². The van der Waals surface area contributed by atoms with E-state index < -0.39 is 17.0 Å². The van der Waals surface area contributed by atoms with Gasteiger partial charge in [-0.25, -0.2) is 8.93 Å². The van der Waals surface area contributed by atoms with E-state index in [-0.39, 0.29) is 0 Å². The Morgan fingerprint density at radius 1 is 0.891 bits per heavy atom. The molecule has 0 bridgehead atoms. The zero-order chi connectivity index (χ0) is 31.7. The molecule has 0 fully saturated rings. The number of nitrogens with zero attached hydrogens (tertiary/aromatic N) is 3. The molecule has 6 rings (SSSR count). The van der Waals surface area contributed by atoms with Crippen molar-refractivity contribution in [2.75, 3.05) is 6.61 Å². The fraction of sp³-hybridized carbons (Fsp3) is 0.179. The number of ether oxygens (including phenoxy) is 1. The van der Waals surface area contributed by atoms with Crippen molar-refractivity contribution >= 4 is 21.9 Å². The summed E-state index contributed by atoms with van der Waals surface area (Å²) in [5.74, 6) is 0. The van der Waals surface area contributed by atoms with E-state index in [1.807, 2.05) is 61.5 Å². The summed E-state index contributed by atoms with van der Waals surface area (Å²) in [5, 5.41) is 11.1. The molecular formula is C39H36N4O2S. The second-order valence-corrected chi connectivity index (χ2v) is 12.6. The Balaban J connectivity index is 1.46. The minimum absolute atomic E-state index is 0.392. The summed E-state index contributed by atoms with van der Waals surface area (Å²) in [6.45, 7) is 3.70. The molecule has 0 aliphatic rings. The van der Waals surface area contributed by atoms with Crippen LogP contribution in [0.5, 0.6) is 0 Å². The summed E-state index contributed by atoms with van der Waals surface area (Å²) in [6.07, 6.45) is 4.43. The van der Waals surface area contributed by atoms with Gasteiger partial charge in [-0.1, -0.05) is 96.6 Å². The Kier molecular flexibility index (Phi) is 10.1. The van der Waals surface area contributed by atoms with Crippen molar-refractivity contribution in [3.63, 3.8) is 0 Å². The van der Waals surface area contributed by atoms with Crippen LogP contribution in [0.1, 0.15) is 45.1 Å². The molecule has 0 radical (unpaired) electrons. The molecule has 0 amide bonds. The normalized spacial score (nSPS) is 12.5. The molecule has 46 heavy (non-hydrogen) atoms. The van der Waals surface area contributed by atoms with Gasteiger partial charge in [-0.15, -0.1) is 0 Å². The third-order valence-electron chi connectivity index (χ3n) is 8.18. The van der Waals surface area contributed by atoms with Gasteiger partial charge in [0, 0.05) is 35.5 Å². The number of fused-ring (bicyclic) bond motifs is 1. The smallest absolute Gasteiger partial charge is 0.125 e. The van der Waals surface area contributed by atoms with Crippen molar-refractivity contribution in [2.45, 2.75) is 43.9 Å². The van der Waals surface area contributed by atoms with Crippen molar-refractivity contribution in [1.82, 2.24) is 14.3 Å². The quantitative estimate of drug-likeness (QED) is 0.134. The summed E-state index contributed by atoms with van der Waals surface area (Å²) in [4.78, 5) is 4.89. The van der Waals surface area contributed by atoms with E-state index in [2.05, 4.69) is 81.0 Å². The number of rotatable bonds is 13. The Hall–Kier alpha value is -4.87. The van der Waals surface area contributed by atoms with Gasteiger partial charge in [0.1, 0.15) is 17.1 Å². The number of nitrogens with one attached hydrogen (secondary N) is 1. The maximum absolute atomic E-state index is 14.0. The molecule has 4 aromatic carbocycles. The highest BCUT2D eigenvalue weighted by Gasteiger charge is 2.27. The van der Waals surface area contributed by atoms with Crippen LogP contribution in [0.15, 0.2) is 133 Å². The third-order valence-corrected chi connectivity index (χ3v) is 9.38. The fourth-order valence-electron chi connectivity index (χ4n) is 5.91. The van der Waals surface area contributed by atoms with E-state index in [1.54, 1.807) is 12.4 Å². The predicted octanol–water partition coefficient (Wildman–Crippen LogP) is 7.62. The second kappa shape index (κ2) is 14.9. The monoisotopic (exact) mass is 624 g/mol. The average molecular weight is 625 g/mol. The average Bonchev–Trinajstić information content (AvgIpc) is 3.40. The molecule has 0 spiro atoms. The van der Waals surface area contributed by atoms with Gasteiger partial charge in [-0.3, -0.25) is 4.98 Å². The molecule has 6 nitrogen and oxygen atoms in total. The van der Waals surface area contributed by atoms with Crippen LogP contribution >= 0.6 is 0 Å². The van der Waals surface area contributed by atoms with Crippen molar-refractivity contribution in [3.05, 3.63) is 167 Å². The molecular weight excluding hydrogens is 589 g/mol. The third kappa shape index (κ3) is 7.32. The number of para-hydroxylation sites is 1. The number of hydrogen-bond acceptors (Lipinski definition) is 4. The largest absolute Gasteiger partial charge is 0.376 e. The second-order valence-electron chi connectivity index (χ2n) is 11.3. The van der Waals surface area contributed by atoms with Gasteiger partial charge in [-0.2, -0.15) is 5.26 Å². The number of pyridine rings is 1. The number of nitriles is 1. The Morgan fingerprint density at radius 3 is 2.33 bits per heavy atom. The lowest BCUT2D eigenvalue weighted by Crippen LogP contribution is -2.29. The first-order chi connectivity index (χ1) is 22.6. The number of hydrogen-bond donors (Lipinski definition) is 1. The summed E-state index contributed by atoms with van der Waals surface area (Å²) < 4.78 is 26.0. The molecule has 230 valence electrons. The highest BCUT2D eigenvalue weighted by Crippen LogP contribution is 2.34. The molecule has 2 heterocycles. The first-order valence-corrected chi connectivity index (χ1v) is 16.6. The summed E-state index contributed by atoms with van der Waals surface area (Å²) >= 11 is 0. The van der Waals surface area contributed by atoms with E-state index in [0.717, 1.165) is 44.4 Å². The predicted molar refractivity (Wildman–Crippen MR) is 183 cm³/mol. The van der Waals surface area contributed by atoms with Crippen molar-refractivity contribution < 1.29 is 8.95 Å². The maximum Gasteiger partial charge on any atom is 0.125 e. The highest BCUT2D eigenvalue weighted by atomic mass is 32.2. The molecule has 0 saturated heterocycles. The van der Waals surface area contributed by atoms with Crippen molar-refractivity contribution in [3.8, 4) is 6.07 Å². The zero-order valence-corrected chi connectivity index (χ0v) is 26.6. The van der Waals surface area contributed by atoms with Crippen LogP contribution in [-0.2, 0) is 41.7 Å².